The highest BCUT2D eigenvalue weighted by Gasteiger charge is 2.22. The quantitative estimate of drug-likeness (QED) is 0.639. The van der Waals surface area contributed by atoms with E-state index in [2.05, 4.69) is 10.1 Å². The molecule has 6 nitrogen and oxygen atoms in total. The molecular formula is C13H24N2O4. The lowest BCUT2D eigenvalue weighted by atomic mass is 10.0. The zero-order chi connectivity index (χ0) is 15.0. The molecule has 0 aliphatic heterocycles. The average Bonchev–Trinajstić information content (AvgIpc) is 2.33. The zero-order valence-corrected chi connectivity index (χ0v) is 12.4. The second-order valence-corrected chi connectivity index (χ2v) is 4.78. The van der Waals surface area contributed by atoms with Gasteiger partial charge in [0.05, 0.1) is 26.2 Å². The lowest BCUT2D eigenvalue weighted by Crippen LogP contribution is -2.48. The maximum Gasteiger partial charge on any atom is 0.319 e. The molecule has 19 heavy (non-hydrogen) atoms. The normalized spacial score (nSPS) is 12.4. The van der Waals surface area contributed by atoms with Gasteiger partial charge in [-0.2, -0.15) is 0 Å². The number of carbonyl (C=O) groups is 3. The van der Waals surface area contributed by atoms with Crippen LogP contribution in [0.3, 0.4) is 0 Å². The monoisotopic (exact) mass is 272 g/mol. The fraction of sp³-hybridized carbons (Fsp3) is 0.769. The van der Waals surface area contributed by atoms with Crippen molar-refractivity contribution in [1.29, 1.82) is 0 Å². The molecule has 0 radical (unpaired) electrons. The molecule has 6 heteroatoms. The van der Waals surface area contributed by atoms with E-state index in [9.17, 15) is 14.4 Å². The molecule has 0 saturated heterocycles. The molecule has 0 spiro atoms. The number of ether oxygens (including phenoxy) is 1. The van der Waals surface area contributed by atoms with E-state index < -0.39 is 6.04 Å². The summed E-state index contributed by atoms with van der Waals surface area (Å²) in [4.78, 5) is 36.0. The molecule has 0 fully saturated rings. The molecule has 110 valence electrons. The van der Waals surface area contributed by atoms with E-state index in [0.29, 0.717) is 6.54 Å². The van der Waals surface area contributed by atoms with Gasteiger partial charge in [0.2, 0.25) is 5.91 Å². The van der Waals surface area contributed by atoms with Crippen LogP contribution in [0.5, 0.6) is 0 Å². The van der Waals surface area contributed by atoms with Gasteiger partial charge < -0.3 is 10.1 Å². The van der Waals surface area contributed by atoms with Crippen molar-refractivity contribution in [2.45, 2.75) is 33.7 Å². The predicted octanol–water partition coefficient (Wildman–Crippen LogP) is 0.211. The number of nitrogens with zero attached hydrogens (tertiary/aromatic N) is 1. The summed E-state index contributed by atoms with van der Waals surface area (Å²) < 4.78 is 4.56. The number of hydrogen-bond donors (Lipinski definition) is 1. The fourth-order valence-electron chi connectivity index (χ4n) is 1.69. The lowest BCUT2D eigenvalue weighted by Gasteiger charge is -2.23. The van der Waals surface area contributed by atoms with E-state index in [-0.39, 0.29) is 36.7 Å². The van der Waals surface area contributed by atoms with Crippen LogP contribution >= 0.6 is 0 Å². The molecule has 0 aromatic heterocycles. The first-order valence-corrected chi connectivity index (χ1v) is 6.40. The second kappa shape index (κ2) is 8.63. The Morgan fingerprint density at radius 1 is 1.21 bits per heavy atom. The second-order valence-electron chi connectivity index (χ2n) is 4.78. The minimum Gasteiger partial charge on any atom is -0.468 e. The van der Waals surface area contributed by atoms with Gasteiger partial charge in [-0.05, 0) is 19.4 Å². The van der Waals surface area contributed by atoms with Gasteiger partial charge in [0.1, 0.15) is 0 Å². The van der Waals surface area contributed by atoms with Crippen LogP contribution < -0.4 is 5.32 Å². The molecule has 0 aliphatic rings. The molecule has 0 rings (SSSR count). The Bertz CT molecular complexity index is 329. The fourth-order valence-corrected chi connectivity index (χ4v) is 1.69. The van der Waals surface area contributed by atoms with E-state index in [1.165, 1.54) is 14.0 Å². The van der Waals surface area contributed by atoms with Crippen LogP contribution in [0.1, 0.15) is 27.7 Å². The van der Waals surface area contributed by atoms with Crippen molar-refractivity contribution in [3.8, 4) is 0 Å². The first-order chi connectivity index (χ1) is 8.81. The molecule has 0 heterocycles. The minimum atomic E-state index is -0.482. The number of likely N-dealkylation sites (N-methyl/N-ethyl adjacent to an activating group) is 1. The van der Waals surface area contributed by atoms with Gasteiger partial charge in [-0.15, -0.1) is 0 Å². The number of methoxy groups -OCH3 is 1. The average molecular weight is 272 g/mol. The van der Waals surface area contributed by atoms with E-state index >= 15 is 0 Å². The van der Waals surface area contributed by atoms with Crippen LogP contribution in [0.4, 0.5) is 0 Å². The highest BCUT2D eigenvalue weighted by Crippen LogP contribution is 2.02. The van der Waals surface area contributed by atoms with Gasteiger partial charge in [-0.25, -0.2) is 0 Å². The van der Waals surface area contributed by atoms with Crippen molar-refractivity contribution in [2.75, 3.05) is 26.7 Å². The largest absolute Gasteiger partial charge is 0.468 e. The number of rotatable bonds is 8. The number of amides is 1. The van der Waals surface area contributed by atoms with E-state index in [4.69, 9.17) is 0 Å². The first kappa shape index (κ1) is 17.6. The van der Waals surface area contributed by atoms with E-state index in [0.717, 1.165) is 0 Å². The number of carbonyl (C=O) groups excluding carboxylic acids is 3. The Kier molecular flexibility index (Phi) is 7.98. The number of ketones is 1. The zero-order valence-electron chi connectivity index (χ0n) is 12.4. The smallest absolute Gasteiger partial charge is 0.319 e. The molecule has 0 saturated carbocycles. The van der Waals surface area contributed by atoms with Gasteiger partial charge in [0, 0.05) is 0 Å². The Balaban J connectivity index is 4.41. The Morgan fingerprint density at radius 3 is 2.16 bits per heavy atom. The summed E-state index contributed by atoms with van der Waals surface area (Å²) in [6.07, 6.45) is 0. The maximum atomic E-state index is 11.8. The molecule has 1 unspecified atom stereocenters. The van der Waals surface area contributed by atoms with Crippen LogP contribution in [0.15, 0.2) is 0 Å². The van der Waals surface area contributed by atoms with Gasteiger partial charge in [0.25, 0.3) is 0 Å². The molecule has 0 bridgehead atoms. The molecule has 0 aromatic rings. The summed E-state index contributed by atoms with van der Waals surface area (Å²) in [5.41, 5.74) is 0. The van der Waals surface area contributed by atoms with Gasteiger partial charge in [-0.3, -0.25) is 19.3 Å². The van der Waals surface area contributed by atoms with Gasteiger partial charge in [-0.1, -0.05) is 20.8 Å². The summed E-state index contributed by atoms with van der Waals surface area (Å²) in [5, 5.41) is 2.69. The summed E-state index contributed by atoms with van der Waals surface area (Å²) >= 11 is 0. The van der Waals surface area contributed by atoms with E-state index in [1.54, 1.807) is 4.90 Å². The number of esters is 1. The van der Waals surface area contributed by atoms with E-state index in [1.807, 2.05) is 20.8 Å². The Morgan fingerprint density at radius 2 is 1.79 bits per heavy atom. The van der Waals surface area contributed by atoms with Crippen molar-refractivity contribution in [3.63, 3.8) is 0 Å². The lowest BCUT2D eigenvalue weighted by molar-refractivity contribution is -0.142. The molecular weight excluding hydrogens is 248 g/mol. The van der Waals surface area contributed by atoms with Gasteiger partial charge in [0.15, 0.2) is 5.78 Å². The standard InChI is InChI=1S/C13H24N2O4/c1-6-15(8-12(18)19-5)7-11(17)14-13(9(2)3)10(4)16/h9,13H,6-8H2,1-5H3,(H,14,17). The number of nitrogens with one attached hydrogen (secondary N) is 1. The van der Waals surface area contributed by atoms with Crippen LogP contribution in [0.2, 0.25) is 0 Å². The van der Waals surface area contributed by atoms with Crippen LogP contribution in [0, 0.1) is 5.92 Å². The van der Waals surface area contributed by atoms with Crippen molar-refractivity contribution in [3.05, 3.63) is 0 Å². The Hall–Kier alpha value is -1.43. The first-order valence-electron chi connectivity index (χ1n) is 6.40. The van der Waals surface area contributed by atoms with Crippen molar-refractivity contribution < 1.29 is 19.1 Å². The minimum absolute atomic E-state index is 0.0390. The van der Waals surface area contributed by atoms with Crippen LogP contribution in [-0.2, 0) is 19.1 Å². The summed E-state index contributed by atoms with van der Waals surface area (Å²) in [7, 11) is 1.31. The predicted molar refractivity (Wildman–Crippen MR) is 71.6 cm³/mol. The van der Waals surface area contributed by atoms with Crippen molar-refractivity contribution in [2.24, 2.45) is 5.92 Å². The highest BCUT2D eigenvalue weighted by atomic mass is 16.5. The third-order valence-electron chi connectivity index (χ3n) is 2.82. The third kappa shape index (κ3) is 6.91. The summed E-state index contributed by atoms with van der Waals surface area (Å²) in [6, 6.07) is -0.482. The van der Waals surface area contributed by atoms with Crippen LogP contribution in [0.25, 0.3) is 0 Å². The highest BCUT2D eigenvalue weighted by molar-refractivity contribution is 5.88. The number of Topliss-reactive ketones (excluding diaryl/α,β-unsaturated/α-hetero) is 1. The summed E-state index contributed by atoms with van der Waals surface area (Å²) in [6.45, 7) is 7.73. The topological polar surface area (TPSA) is 75.7 Å². The maximum absolute atomic E-state index is 11.8. The Labute approximate surface area is 114 Å². The summed E-state index contributed by atoms with van der Waals surface area (Å²) in [5.74, 6) is -0.683. The molecule has 1 N–H and O–H groups in total. The molecule has 0 aromatic carbocycles. The third-order valence-corrected chi connectivity index (χ3v) is 2.82. The molecule has 1 amide bonds. The van der Waals surface area contributed by atoms with Gasteiger partial charge >= 0.3 is 5.97 Å². The molecule has 0 aliphatic carbocycles. The molecule has 1 atom stereocenters. The van der Waals surface area contributed by atoms with Crippen molar-refractivity contribution in [1.82, 2.24) is 10.2 Å². The number of hydrogen-bond acceptors (Lipinski definition) is 5. The van der Waals surface area contributed by atoms with Crippen LogP contribution in [-0.4, -0.2) is 55.3 Å². The SMILES string of the molecule is CCN(CC(=O)NC(C(C)=O)C(C)C)CC(=O)OC. The van der Waals surface area contributed by atoms with Crippen molar-refractivity contribution >= 4 is 17.7 Å².